The molecule has 0 spiro atoms. The number of fused-ring (bicyclic) bond motifs is 1. The highest BCUT2D eigenvalue weighted by Gasteiger charge is 2.49. The molecule has 8 nitrogen and oxygen atoms in total. The molecule has 3 aliphatic heterocycles. The average Bonchev–Trinajstić information content (AvgIpc) is 3.24. The van der Waals surface area contributed by atoms with E-state index in [0.29, 0.717) is 13.1 Å². The standard InChI is InChI=1S/C19H21ClN6O2S/c1-18(2,3)28-17(27)25-10-19(11-25,5-6-21)26-9-12(8-22-26)14-15-13(4-7-29-15)23-16(20)24-14/h4,7-9,13,15H,5,10-11H2,1-3H3. The number of amides is 1. The Bertz CT molecular complexity index is 964. The Morgan fingerprint density at radius 2 is 2.24 bits per heavy atom. The molecule has 0 bridgehead atoms. The van der Waals surface area contributed by atoms with Gasteiger partial charge >= 0.3 is 6.09 Å². The number of hydrogen-bond donors (Lipinski definition) is 0. The number of ether oxygens (including phenoxy) is 1. The number of nitrogens with zero attached hydrogens (tertiary/aromatic N) is 6. The molecule has 1 amide bonds. The van der Waals surface area contributed by atoms with E-state index < -0.39 is 11.1 Å². The summed E-state index contributed by atoms with van der Waals surface area (Å²) in [6.45, 7) is 6.22. The van der Waals surface area contributed by atoms with Gasteiger partial charge in [0.05, 0.1) is 48.8 Å². The first-order valence-electron chi connectivity index (χ1n) is 9.25. The highest BCUT2D eigenvalue weighted by Crippen LogP contribution is 2.36. The predicted molar refractivity (Wildman–Crippen MR) is 112 cm³/mol. The molecule has 0 aromatic carbocycles. The second-order valence-electron chi connectivity index (χ2n) is 8.34. The Hall–Kier alpha value is -2.31. The highest BCUT2D eigenvalue weighted by atomic mass is 35.5. The molecule has 1 fully saturated rings. The number of halogens is 1. The molecular formula is C19H21ClN6O2S. The minimum atomic E-state index is -0.572. The maximum Gasteiger partial charge on any atom is 0.410 e. The van der Waals surface area contributed by atoms with Crippen molar-refractivity contribution < 1.29 is 9.53 Å². The zero-order valence-electron chi connectivity index (χ0n) is 16.4. The van der Waals surface area contributed by atoms with Crippen LogP contribution in [0.15, 0.2) is 33.9 Å². The van der Waals surface area contributed by atoms with Crippen molar-refractivity contribution in [1.82, 2.24) is 14.7 Å². The third-order valence-electron chi connectivity index (χ3n) is 4.94. The van der Waals surface area contributed by atoms with Gasteiger partial charge in [-0.1, -0.05) is 6.08 Å². The number of hydrogen-bond acceptors (Lipinski definition) is 7. The molecule has 1 aromatic rings. The maximum atomic E-state index is 12.3. The van der Waals surface area contributed by atoms with Gasteiger partial charge in [-0.15, -0.1) is 11.8 Å². The molecule has 0 saturated carbocycles. The number of aromatic nitrogens is 2. The first kappa shape index (κ1) is 20.0. The first-order valence-corrected chi connectivity index (χ1v) is 10.6. The lowest BCUT2D eigenvalue weighted by Gasteiger charge is -2.48. The summed E-state index contributed by atoms with van der Waals surface area (Å²) in [6, 6.07) is 2.20. The van der Waals surface area contributed by atoms with Crippen molar-refractivity contribution in [3.05, 3.63) is 29.4 Å². The van der Waals surface area contributed by atoms with Crippen LogP contribution in [-0.4, -0.2) is 61.8 Å². The van der Waals surface area contributed by atoms with Crippen molar-refractivity contribution in [2.45, 2.75) is 49.6 Å². The van der Waals surface area contributed by atoms with Crippen molar-refractivity contribution in [2.75, 3.05) is 13.1 Å². The molecule has 152 valence electrons. The smallest absolute Gasteiger partial charge is 0.410 e. The number of nitriles is 1. The van der Waals surface area contributed by atoms with E-state index in [0.717, 1.165) is 11.3 Å². The lowest BCUT2D eigenvalue weighted by Crippen LogP contribution is -2.64. The van der Waals surface area contributed by atoms with Crippen LogP contribution in [0.25, 0.3) is 0 Å². The van der Waals surface area contributed by atoms with Crippen LogP contribution in [0.1, 0.15) is 32.8 Å². The fraction of sp³-hybridized carbons (Fsp3) is 0.526. The molecule has 1 saturated heterocycles. The summed E-state index contributed by atoms with van der Waals surface area (Å²) in [5, 5.41) is 16.2. The summed E-state index contributed by atoms with van der Waals surface area (Å²) in [4.78, 5) is 22.7. The summed E-state index contributed by atoms with van der Waals surface area (Å²) in [5.41, 5.74) is 0.536. The third kappa shape index (κ3) is 3.79. The Kier molecular flexibility index (Phi) is 4.95. The Balaban J connectivity index is 1.54. The fourth-order valence-electron chi connectivity index (χ4n) is 3.59. The van der Waals surface area contributed by atoms with E-state index in [-0.39, 0.29) is 29.1 Å². The van der Waals surface area contributed by atoms with E-state index in [1.165, 1.54) is 0 Å². The number of carbonyl (C=O) groups excluding carboxylic acids is 1. The SMILES string of the molecule is CC(C)(C)OC(=O)N1CC(CC#N)(n2cc(C3=NC(Cl)=NC4C=CSC34)cn2)C1. The predicted octanol–water partition coefficient (Wildman–Crippen LogP) is 3.14. The van der Waals surface area contributed by atoms with Crippen LogP contribution >= 0.6 is 23.4 Å². The monoisotopic (exact) mass is 432 g/mol. The molecule has 0 aliphatic carbocycles. The fourth-order valence-corrected chi connectivity index (χ4v) is 4.85. The summed E-state index contributed by atoms with van der Waals surface area (Å²) >= 11 is 7.76. The van der Waals surface area contributed by atoms with Crippen molar-refractivity contribution in [1.29, 1.82) is 5.26 Å². The van der Waals surface area contributed by atoms with Gasteiger partial charge in [0.25, 0.3) is 0 Å². The number of thioether (sulfide) groups is 1. The molecule has 29 heavy (non-hydrogen) atoms. The largest absolute Gasteiger partial charge is 0.444 e. The minimum Gasteiger partial charge on any atom is -0.444 e. The molecule has 3 aliphatic rings. The van der Waals surface area contributed by atoms with E-state index in [9.17, 15) is 10.1 Å². The zero-order chi connectivity index (χ0) is 20.8. The molecular weight excluding hydrogens is 412 g/mol. The van der Waals surface area contributed by atoms with E-state index in [4.69, 9.17) is 16.3 Å². The molecule has 1 aromatic heterocycles. The number of rotatable bonds is 3. The van der Waals surface area contributed by atoms with E-state index in [1.54, 1.807) is 27.5 Å². The normalized spacial score (nSPS) is 24.9. The van der Waals surface area contributed by atoms with Gasteiger partial charge in [-0.2, -0.15) is 10.4 Å². The lowest BCUT2D eigenvalue weighted by atomic mass is 9.87. The first-order chi connectivity index (χ1) is 13.7. The Morgan fingerprint density at radius 3 is 2.93 bits per heavy atom. The van der Waals surface area contributed by atoms with Crippen LogP contribution in [-0.2, 0) is 10.3 Å². The van der Waals surface area contributed by atoms with Gasteiger partial charge in [0.15, 0.2) is 0 Å². The second-order valence-corrected chi connectivity index (χ2v) is 9.73. The summed E-state index contributed by atoms with van der Waals surface area (Å²) in [7, 11) is 0. The van der Waals surface area contributed by atoms with Gasteiger partial charge in [-0.25, -0.2) is 14.8 Å². The Morgan fingerprint density at radius 1 is 1.48 bits per heavy atom. The number of likely N-dealkylation sites (tertiary alicyclic amines) is 1. The van der Waals surface area contributed by atoms with Crippen LogP contribution < -0.4 is 0 Å². The van der Waals surface area contributed by atoms with Gasteiger partial charge in [0, 0.05) is 11.8 Å². The minimum absolute atomic E-state index is 0.0252. The number of carbonyl (C=O) groups is 1. The van der Waals surface area contributed by atoms with Gasteiger partial charge < -0.3 is 9.64 Å². The quantitative estimate of drug-likeness (QED) is 0.683. The topological polar surface area (TPSA) is 95.9 Å². The van der Waals surface area contributed by atoms with Crippen molar-refractivity contribution in [2.24, 2.45) is 9.98 Å². The third-order valence-corrected chi connectivity index (χ3v) is 6.24. The van der Waals surface area contributed by atoms with E-state index in [2.05, 4.69) is 21.2 Å². The molecule has 2 unspecified atom stereocenters. The van der Waals surface area contributed by atoms with Gasteiger partial charge in [-0.05, 0) is 37.8 Å². The van der Waals surface area contributed by atoms with Crippen LogP contribution in [0.2, 0.25) is 0 Å². The van der Waals surface area contributed by atoms with E-state index in [1.807, 2.05) is 38.5 Å². The van der Waals surface area contributed by atoms with Crippen LogP contribution in [0.5, 0.6) is 0 Å². The van der Waals surface area contributed by atoms with Gasteiger partial charge in [0.2, 0.25) is 5.29 Å². The molecule has 4 rings (SSSR count). The van der Waals surface area contributed by atoms with Crippen LogP contribution in [0.4, 0.5) is 4.79 Å². The van der Waals surface area contributed by atoms with Gasteiger partial charge in [-0.3, -0.25) is 4.68 Å². The molecule has 2 atom stereocenters. The molecule has 0 N–H and O–H groups in total. The summed E-state index contributed by atoms with van der Waals surface area (Å²) in [5.74, 6) is 0. The van der Waals surface area contributed by atoms with Gasteiger partial charge in [0.1, 0.15) is 11.1 Å². The molecule has 4 heterocycles. The summed E-state index contributed by atoms with van der Waals surface area (Å²) < 4.78 is 7.20. The lowest BCUT2D eigenvalue weighted by molar-refractivity contribution is -0.0314. The van der Waals surface area contributed by atoms with Crippen LogP contribution in [0.3, 0.4) is 0 Å². The average molecular weight is 433 g/mol. The molecule has 10 heteroatoms. The highest BCUT2D eigenvalue weighted by molar-refractivity contribution is 8.03. The van der Waals surface area contributed by atoms with Crippen molar-refractivity contribution >= 4 is 40.5 Å². The second kappa shape index (κ2) is 7.18. The maximum absolute atomic E-state index is 12.3. The summed E-state index contributed by atoms with van der Waals surface area (Å²) in [6.07, 6.45) is 5.49. The van der Waals surface area contributed by atoms with E-state index >= 15 is 0 Å². The number of amidine groups is 1. The zero-order valence-corrected chi connectivity index (χ0v) is 17.9. The van der Waals surface area contributed by atoms with Crippen molar-refractivity contribution in [3.63, 3.8) is 0 Å². The molecule has 0 radical (unpaired) electrons. The van der Waals surface area contributed by atoms with Crippen molar-refractivity contribution in [3.8, 4) is 6.07 Å². The Labute approximate surface area is 178 Å². The van der Waals surface area contributed by atoms with Crippen LogP contribution in [0, 0.1) is 11.3 Å². The number of aliphatic imine (C=N–C) groups is 2.